The predicted molar refractivity (Wildman–Crippen MR) is 180 cm³/mol. The van der Waals surface area contributed by atoms with Gasteiger partial charge in [-0.2, -0.15) is 0 Å². The molecule has 0 saturated carbocycles. The van der Waals surface area contributed by atoms with Crippen LogP contribution in [0.15, 0.2) is 84.7 Å². The first kappa shape index (κ1) is 37.3. The van der Waals surface area contributed by atoms with E-state index in [0.29, 0.717) is 12.2 Å². The third-order valence-electron chi connectivity index (χ3n) is 9.06. The van der Waals surface area contributed by atoms with Crippen LogP contribution in [-0.2, 0) is 56.0 Å². The highest BCUT2D eigenvalue weighted by Crippen LogP contribution is 2.31. The molecule has 0 unspecified atom stereocenters. The third kappa shape index (κ3) is 9.05. The molecule has 8 atom stereocenters. The maximum atomic E-state index is 13.4. The summed E-state index contributed by atoms with van der Waals surface area (Å²) in [6, 6.07) is 19.0. The van der Waals surface area contributed by atoms with Crippen LogP contribution in [0.2, 0.25) is 0 Å². The fourth-order valence-electron chi connectivity index (χ4n) is 6.22. The van der Waals surface area contributed by atoms with Crippen LogP contribution in [0.25, 0.3) is 0 Å². The van der Waals surface area contributed by atoms with Crippen molar-refractivity contribution in [3.63, 3.8) is 0 Å². The second-order valence-electron chi connectivity index (χ2n) is 12.9. The van der Waals surface area contributed by atoms with Crippen molar-refractivity contribution < 1.29 is 52.6 Å². The topological polar surface area (TPSA) is 139 Å². The van der Waals surface area contributed by atoms with Crippen LogP contribution in [0.3, 0.4) is 0 Å². The summed E-state index contributed by atoms with van der Waals surface area (Å²) in [6.45, 7) is 5.92. The fraction of sp³-hybridized carbons (Fsp3) is 0.500. The molecule has 3 aliphatic rings. The molecule has 0 spiro atoms. The van der Waals surface area contributed by atoms with Gasteiger partial charge in [-0.25, -0.2) is 9.69 Å². The van der Waals surface area contributed by atoms with Crippen molar-refractivity contribution in [2.24, 2.45) is 11.8 Å². The molecule has 12 nitrogen and oxygen atoms in total. The number of methoxy groups -OCH3 is 1. The molecule has 12 heteroatoms. The molecular formula is C38H47NO11. The predicted octanol–water partition coefficient (Wildman–Crippen LogP) is 4.34. The van der Waals surface area contributed by atoms with Gasteiger partial charge in [-0.3, -0.25) is 9.59 Å². The Morgan fingerprint density at radius 1 is 0.920 bits per heavy atom. The third-order valence-corrected chi connectivity index (χ3v) is 9.06. The standard InChI is InChI=1S/C38H47NO11/c1-24(2)29-23-48-38(43)39(29)36(42)25(3)32-30(41)18-17-28(49-32)16-11-19-45-35-34(47-22-27-14-9-6-10-15-27)33(31(20-40)50-37(35)44-4)46-21-26-12-7-5-8-13-26/h5-10,12-18,24-25,29,31-35,37,40H,11,19-23H2,1-4H3/t25-,29+,31+,32-,33+,34-,35-,37-/m0/s1. The van der Waals surface area contributed by atoms with Crippen LogP contribution in [0.4, 0.5) is 4.79 Å². The molecular weight excluding hydrogens is 646 g/mol. The van der Waals surface area contributed by atoms with Crippen molar-refractivity contribution in [1.82, 2.24) is 4.90 Å². The number of amides is 2. The highest BCUT2D eigenvalue weighted by Gasteiger charge is 2.49. The van der Waals surface area contributed by atoms with E-state index < -0.39 is 60.8 Å². The summed E-state index contributed by atoms with van der Waals surface area (Å²) >= 11 is 0. The monoisotopic (exact) mass is 693 g/mol. The summed E-state index contributed by atoms with van der Waals surface area (Å²) in [5.74, 6) is -1.42. The quantitative estimate of drug-likeness (QED) is 0.267. The van der Waals surface area contributed by atoms with E-state index in [9.17, 15) is 19.5 Å². The Labute approximate surface area is 292 Å². The highest BCUT2D eigenvalue weighted by atomic mass is 16.7. The minimum Gasteiger partial charge on any atom is -0.482 e. The summed E-state index contributed by atoms with van der Waals surface area (Å²) in [5.41, 5.74) is 1.91. The fourth-order valence-corrected chi connectivity index (χ4v) is 6.22. The van der Waals surface area contributed by atoms with Gasteiger partial charge >= 0.3 is 6.09 Å². The Bertz CT molecular complexity index is 1480. The van der Waals surface area contributed by atoms with Crippen LogP contribution >= 0.6 is 0 Å². The molecule has 3 heterocycles. The average Bonchev–Trinajstić information content (AvgIpc) is 3.53. The van der Waals surface area contributed by atoms with E-state index in [0.717, 1.165) is 16.0 Å². The van der Waals surface area contributed by atoms with Crippen LogP contribution in [0.5, 0.6) is 0 Å². The minimum atomic E-state index is -1.10. The zero-order valence-corrected chi connectivity index (χ0v) is 28.9. The van der Waals surface area contributed by atoms with Gasteiger partial charge in [-0.1, -0.05) is 74.5 Å². The average molecular weight is 694 g/mol. The molecule has 0 aliphatic carbocycles. The van der Waals surface area contributed by atoms with Gasteiger partial charge in [0.2, 0.25) is 5.91 Å². The highest BCUT2D eigenvalue weighted by molar-refractivity contribution is 6.01. The summed E-state index contributed by atoms with van der Waals surface area (Å²) in [4.78, 5) is 39.6. The summed E-state index contributed by atoms with van der Waals surface area (Å²) in [5, 5.41) is 10.3. The summed E-state index contributed by atoms with van der Waals surface area (Å²) < 4.78 is 42.1. The number of hydrogen-bond acceptors (Lipinski definition) is 11. The summed E-state index contributed by atoms with van der Waals surface area (Å²) in [7, 11) is 1.50. The van der Waals surface area contributed by atoms with Crippen molar-refractivity contribution in [2.75, 3.05) is 26.9 Å². The number of hydrogen-bond donors (Lipinski definition) is 1. The molecule has 50 heavy (non-hydrogen) atoms. The van der Waals surface area contributed by atoms with Crippen molar-refractivity contribution in [3.8, 4) is 0 Å². The molecule has 0 radical (unpaired) electrons. The van der Waals surface area contributed by atoms with E-state index in [-0.39, 0.29) is 44.7 Å². The first-order chi connectivity index (χ1) is 24.2. The van der Waals surface area contributed by atoms with E-state index in [1.54, 1.807) is 19.1 Å². The van der Waals surface area contributed by atoms with Gasteiger partial charge in [-0.15, -0.1) is 0 Å². The van der Waals surface area contributed by atoms with Crippen molar-refractivity contribution in [1.29, 1.82) is 0 Å². The maximum absolute atomic E-state index is 13.4. The molecule has 2 saturated heterocycles. The molecule has 2 fully saturated rings. The van der Waals surface area contributed by atoms with E-state index in [1.165, 1.54) is 13.2 Å². The van der Waals surface area contributed by atoms with Gasteiger partial charge in [0.15, 0.2) is 18.2 Å². The van der Waals surface area contributed by atoms with Crippen molar-refractivity contribution >= 4 is 17.8 Å². The Hall–Kier alpha value is -3.91. The number of cyclic esters (lactones) is 1. The number of aliphatic hydroxyl groups excluding tert-OH is 1. The Morgan fingerprint density at radius 3 is 2.16 bits per heavy atom. The molecule has 1 N–H and O–H groups in total. The van der Waals surface area contributed by atoms with Gasteiger partial charge in [0.25, 0.3) is 0 Å². The lowest BCUT2D eigenvalue weighted by Gasteiger charge is -2.45. The molecule has 2 aromatic rings. The molecule has 2 aromatic carbocycles. The second-order valence-corrected chi connectivity index (χ2v) is 12.9. The van der Waals surface area contributed by atoms with Gasteiger partial charge in [-0.05, 0) is 48.6 Å². The normalized spacial score (nSPS) is 28.2. The zero-order chi connectivity index (χ0) is 35.6. The van der Waals surface area contributed by atoms with E-state index in [1.807, 2.05) is 74.5 Å². The Kier molecular flexibility index (Phi) is 13.3. The van der Waals surface area contributed by atoms with Crippen LogP contribution in [0, 0.1) is 11.8 Å². The first-order valence-corrected chi connectivity index (χ1v) is 17.0. The van der Waals surface area contributed by atoms with Crippen molar-refractivity contribution in [2.45, 2.75) is 83.3 Å². The maximum Gasteiger partial charge on any atom is 0.416 e. The zero-order valence-electron chi connectivity index (χ0n) is 28.9. The number of imide groups is 1. The number of carbonyl (C=O) groups is 3. The molecule has 270 valence electrons. The second kappa shape index (κ2) is 17.8. The van der Waals surface area contributed by atoms with E-state index in [2.05, 4.69) is 0 Å². The number of aliphatic hydroxyl groups is 1. The molecule has 0 aromatic heterocycles. The van der Waals surface area contributed by atoms with Crippen LogP contribution in [-0.4, -0.2) is 97.6 Å². The molecule has 2 amide bonds. The smallest absolute Gasteiger partial charge is 0.416 e. The lowest BCUT2D eigenvalue weighted by atomic mass is 9.95. The first-order valence-electron chi connectivity index (χ1n) is 17.0. The number of ketones is 1. The number of rotatable bonds is 15. The minimum absolute atomic E-state index is 0.00763. The van der Waals surface area contributed by atoms with Gasteiger partial charge in [0.05, 0.1) is 38.4 Å². The number of allylic oxidation sites excluding steroid dienone is 1. The number of benzene rings is 2. The van der Waals surface area contributed by atoms with E-state index in [4.69, 9.17) is 33.2 Å². The van der Waals surface area contributed by atoms with Crippen LogP contribution in [0.1, 0.15) is 38.3 Å². The number of nitrogens with zero attached hydrogens (tertiary/aromatic N) is 1. The largest absolute Gasteiger partial charge is 0.482 e. The Balaban J connectivity index is 1.26. The molecule has 5 rings (SSSR count). The van der Waals surface area contributed by atoms with Crippen molar-refractivity contribution in [3.05, 3.63) is 95.8 Å². The SMILES string of the molecule is CO[C@H]1O[C@H](CO)[C@@H](OCc2ccccc2)[C@H](OCc2ccccc2)[C@@H]1OCCC=C1C=CC(=O)[C@H]([C@H](C)C(=O)N2C(=O)OC[C@@H]2C(C)C)O1. The van der Waals surface area contributed by atoms with Gasteiger partial charge in [0.1, 0.15) is 36.8 Å². The molecule has 3 aliphatic heterocycles. The van der Waals surface area contributed by atoms with Crippen LogP contribution < -0.4 is 0 Å². The van der Waals surface area contributed by atoms with Gasteiger partial charge < -0.3 is 38.3 Å². The lowest BCUT2D eigenvalue weighted by Crippen LogP contribution is -2.61. The number of carbonyl (C=O) groups excluding carboxylic acids is 3. The Morgan fingerprint density at radius 2 is 1.56 bits per heavy atom. The number of ether oxygens (including phenoxy) is 7. The molecule has 0 bridgehead atoms. The lowest BCUT2D eigenvalue weighted by molar-refractivity contribution is -0.319. The van der Waals surface area contributed by atoms with E-state index >= 15 is 0 Å². The van der Waals surface area contributed by atoms with Gasteiger partial charge in [0, 0.05) is 7.11 Å². The summed E-state index contributed by atoms with van der Waals surface area (Å²) in [6.07, 6.45) is -0.428.